The van der Waals surface area contributed by atoms with Crippen molar-refractivity contribution in [3.63, 3.8) is 0 Å². The van der Waals surface area contributed by atoms with Crippen LogP contribution in [0.25, 0.3) is 0 Å². The Labute approximate surface area is 107 Å². The third kappa shape index (κ3) is 2.64. The second-order valence-corrected chi connectivity index (χ2v) is 5.02. The van der Waals surface area contributed by atoms with Crippen LogP contribution in [0, 0.1) is 0 Å². The maximum atomic E-state index is 11.5. The van der Waals surface area contributed by atoms with Crippen molar-refractivity contribution in [2.45, 2.75) is 24.8 Å². The average molecular weight is 246 g/mol. The molecule has 4 nitrogen and oxygen atoms in total. The van der Waals surface area contributed by atoms with Gasteiger partial charge < -0.3 is 15.4 Å². The van der Waals surface area contributed by atoms with Crippen molar-refractivity contribution < 1.29 is 9.53 Å². The summed E-state index contributed by atoms with van der Waals surface area (Å²) in [5.74, 6) is 1.44. The number of benzene rings is 1. The van der Waals surface area contributed by atoms with Crippen molar-refractivity contribution in [3.8, 4) is 5.75 Å². The molecule has 2 N–H and O–H groups in total. The van der Waals surface area contributed by atoms with E-state index in [4.69, 9.17) is 4.74 Å². The van der Waals surface area contributed by atoms with Crippen molar-refractivity contribution in [2.75, 3.05) is 19.7 Å². The third-order valence-electron chi connectivity index (χ3n) is 3.42. The van der Waals surface area contributed by atoms with Crippen molar-refractivity contribution in [1.29, 1.82) is 0 Å². The topological polar surface area (TPSA) is 50.4 Å². The molecular formula is C14H18N2O2. The molecule has 18 heavy (non-hydrogen) atoms. The number of fused-ring (bicyclic) bond motifs is 1. The lowest BCUT2D eigenvalue weighted by Crippen LogP contribution is -2.36. The van der Waals surface area contributed by atoms with Crippen LogP contribution in [0.2, 0.25) is 0 Å². The number of rotatable bonds is 5. The van der Waals surface area contributed by atoms with Crippen molar-refractivity contribution in [3.05, 3.63) is 29.8 Å². The molecule has 1 aliphatic carbocycles. The number of hydrogen-bond donors (Lipinski definition) is 2. The van der Waals surface area contributed by atoms with Crippen molar-refractivity contribution in [1.82, 2.24) is 10.6 Å². The molecule has 0 spiro atoms. The normalized spacial score (nSPS) is 21.2. The largest absolute Gasteiger partial charge is 0.493 e. The fraction of sp³-hybridized carbons (Fsp3) is 0.500. The summed E-state index contributed by atoms with van der Waals surface area (Å²) in [5, 5.41) is 6.17. The van der Waals surface area contributed by atoms with Gasteiger partial charge in [0.05, 0.1) is 13.2 Å². The summed E-state index contributed by atoms with van der Waals surface area (Å²) in [7, 11) is 0. The molecule has 96 valence electrons. The predicted molar refractivity (Wildman–Crippen MR) is 68.7 cm³/mol. The van der Waals surface area contributed by atoms with Gasteiger partial charge in [-0.05, 0) is 18.9 Å². The molecule has 1 heterocycles. The first kappa shape index (κ1) is 11.5. The summed E-state index contributed by atoms with van der Waals surface area (Å²) in [6, 6.07) is 8.54. The van der Waals surface area contributed by atoms with Gasteiger partial charge in [-0.1, -0.05) is 18.2 Å². The molecule has 1 saturated carbocycles. The van der Waals surface area contributed by atoms with Crippen LogP contribution in [-0.4, -0.2) is 31.6 Å². The zero-order valence-corrected chi connectivity index (χ0v) is 10.3. The van der Waals surface area contributed by atoms with Crippen LogP contribution >= 0.6 is 0 Å². The average Bonchev–Trinajstić information content (AvgIpc) is 3.09. The minimum atomic E-state index is 0.102. The molecule has 4 heteroatoms. The SMILES string of the molecule is O=C(CNCC1COc2ccccc21)NC1CC1. The monoisotopic (exact) mass is 246 g/mol. The first-order chi connectivity index (χ1) is 8.83. The lowest BCUT2D eigenvalue weighted by atomic mass is 10.0. The fourth-order valence-electron chi connectivity index (χ4n) is 2.26. The summed E-state index contributed by atoms with van der Waals surface area (Å²) in [6.45, 7) is 1.89. The van der Waals surface area contributed by atoms with Gasteiger partial charge in [0.15, 0.2) is 0 Å². The Kier molecular flexibility index (Phi) is 3.19. The molecule has 1 unspecified atom stereocenters. The zero-order chi connectivity index (χ0) is 12.4. The van der Waals surface area contributed by atoms with Crippen LogP contribution < -0.4 is 15.4 Å². The lowest BCUT2D eigenvalue weighted by molar-refractivity contribution is -0.120. The fourth-order valence-corrected chi connectivity index (χ4v) is 2.26. The maximum absolute atomic E-state index is 11.5. The van der Waals surface area contributed by atoms with Gasteiger partial charge in [-0.2, -0.15) is 0 Å². The molecule has 2 aliphatic rings. The minimum absolute atomic E-state index is 0.102. The van der Waals surface area contributed by atoms with Gasteiger partial charge in [0.25, 0.3) is 0 Å². The van der Waals surface area contributed by atoms with E-state index in [2.05, 4.69) is 16.7 Å². The van der Waals surface area contributed by atoms with Gasteiger partial charge in [0.1, 0.15) is 5.75 Å². The van der Waals surface area contributed by atoms with E-state index in [0.717, 1.165) is 25.1 Å². The van der Waals surface area contributed by atoms with Gasteiger partial charge in [0.2, 0.25) is 5.91 Å². The van der Waals surface area contributed by atoms with E-state index >= 15 is 0 Å². The molecule has 1 aromatic carbocycles. The van der Waals surface area contributed by atoms with E-state index in [-0.39, 0.29) is 5.91 Å². The first-order valence-electron chi connectivity index (χ1n) is 6.55. The molecule has 1 aromatic rings. The van der Waals surface area contributed by atoms with Gasteiger partial charge in [-0.25, -0.2) is 0 Å². The molecule has 1 aliphatic heterocycles. The molecule has 0 aromatic heterocycles. The molecule has 1 amide bonds. The number of nitrogens with one attached hydrogen (secondary N) is 2. The molecule has 0 bridgehead atoms. The summed E-state index contributed by atoms with van der Waals surface area (Å²) in [4.78, 5) is 11.5. The van der Waals surface area contributed by atoms with Crippen LogP contribution in [0.1, 0.15) is 24.3 Å². The highest BCUT2D eigenvalue weighted by molar-refractivity contribution is 5.78. The zero-order valence-electron chi connectivity index (χ0n) is 10.3. The minimum Gasteiger partial charge on any atom is -0.493 e. The second-order valence-electron chi connectivity index (χ2n) is 5.02. The summed E-state index contributed by atoms with van der Waals surface area (Å²) in [6.07, 6.45) is 2.27. The van der Waals surface area contributed by atoms with E-state index in [9.17, 15) is 4.79 Å². The number of carbonyl (C=O) groups is 1. The molecule has 3 rings (SSSR count). The summed E-state index contributed by atoms with van der Waals surface area (Å²) < 4.78 is 5.60. The Bertz CT molecular complexity index is 443. The Morgan fingerprint density at radius 3 is 3.00 bits per heavy atom. The molecule has 0 saturated heterocycles. The first-order valence-corrected chi connectivity index (χ1v) is 6.55. The number of hydrogen-bond acceptors (Lipinski definition) is 3. The number of para-hydroxylation sites is 1. The van der Waals surface area contributed by atoms with Gasteiger partial charge in [0, 0.05) is 24.1 Å². The molecule has 0 radical (unpaired) electrons. The summed E-state index contributed by atoms with van der Waals surface area (Å²) >= 11 is 0. The van der Waals surface area contributed by atoms with Crippen LogP contribution in [0.5, 0.6) is 5.75 Å². The number of carbonyl (C=O) groups excluding carboxylic acids is 1. The Balaban J connectivity index is 1.45. The number of ether oxygens (including phenoxy) is 1. The number of amides is 1. The second kappa shape index (κ2) is 4.98. The van der Waals surface area contributed by atoms with E-state index in [1.807, 2.05) is 18.2 Å². The lowest BCUT2D eigenvalue weighted by Gasteiger charge is -2.10. The van der Waals surface area contributed by atoms with Crippen molar-refractivity contribution >= 4 is 5.91 Å². The highest BCUT2D eigenvalue weighted by Crippen LogP contribution is 2.32. The van der Waals surface area contributed by atoms with Gasteiger partial charge in [-0.3, -0.25) is 4.79 Å². The Morgan fingerprint density at radius 2 is 2.17 bits per heavy atom. The third-order valence-corrected chi connectivity index (χ3v) is 3.42. The Hall–Kier alpha value is -1.55. The van der Waals surface area contributed by atoms with E-state index in [0.29, 0.717) is 25.1 Å². The van der Waals surface area contributed by atoms with Crippen LogP contribution in [-0.2, 0) is 4.79 Å². The highest BCUT2D eigenvalue weighted by Gasteiger charge is 2.25. The smallest absolute Gasteiger partial charge is 0.234 e. The maximum Gasteiger partial charge on any atom is 0.234 e. The van der Waals surface area contributed by atoms with Gasteiger partial charge >= 0.3 is 0 Å². The molecule has 1 atom stereocenters. The van der Waals surface area contributed by atoms with Crippen LogP contribution in [0.4, 0.5) is 0 Å². The van der Waals surface area contributed by atoms with Gasteiger partial charge in [-0.15, -0.1) is 0 Å². The van der Waals surface area contributed by atoms with Crippen LogP contribution in [0.3, 0.4) is 0 Å². The highest BCUT2D eigenvalue weighted by atomic mass is 16.5. The quantitative estimate of drug-likeness (QED) is 0.816. The van der Waals surface area contributed by atoms with E-state index in [1.54, 1.807) is 0 Å². The molecular weight excluding hydrogens is 228 g/mol. The summed E-state index contributed by atoms with van der Waals surface area (Å²) in [5.41, 5.74) is 1.24. The predicted octanol–water partition coefficient (Wildman–Crippen LogP) is 1.03. The Morgan fingerprint density at radius 1 is 1.33 bits per heavy atom. The van der Waals surface area contributed by atoms with Crippen molar-refractivity contribution in [2.24, 2.45) is 0 Å². The standard InChI is InChI=1S/C14H18N2O2/c17-14(16-11-5-6-11)8-15-7-10-9-18-13-4-2-1-3-12(10)13/h1-4,10-11,15H,5-9H2,(H,16,17). The van der Waals surface area contributed by atoms with E-state index < -0.39 is 0 Å². The molecule has 1 fully saturated rings. The van der Waals surface area contributed by atoms with E-state index in [1.165, 1.54) is 5.56 Å². The van der Waals surface area contributed by atoms with Crippen LogP contribution in [0.15, 0.2) is 24.3 Å².